The molecule has 402 valence electrons. The maximum absolute atomic E-state index is 13.1. The van der Waals surface area contributed by atoms with Gasteiger partial charge in [0.2, 0.25) is 5.91 Å². The molecule has 2 aliphatic rings. The molecule has 9 N–H and O–H groups in total. The monoisotopic (exact) mass is 974 g/mol. The Labute approximate surface area is 412 Å². The first-order chi connectivity index (χ1) is 33.1. The number of amides is 1. The zero-order valence-corrected chi connectivity index (χ0v) is 42.9. The van der Waals surface area contributed by atoms with Crippen LogP contribution in [0.5, 0.6) is 0 Å². The second-order valence-corrected chi connectivity index (χ2v) is 20.1. The first-order valence-corrected chi connectivity index (χ1v) is 27.9. The van der Waals surface area contributed by atoms with Crippen molar-refractivity contribution in [2.45, 2.75) is 306 Å². The number of hydrogen-bond acceptors (Lipinski definition) is 13. The summed E-state index contributed by atoms with van der Waals surface area (Å²) in [5.41, 5.74) is 0. The molecule has 0 spiro atoms. The highest BCUT2D eigenvalue weighted by Crippen LogP contribution is 2.30. The van der Waals surface area contributed by atoms with E-state index in [1.807, 2.05) is 6.08 Å². The van der Waals surface area contributed by atoms with Gasteiger partial charge in [0.1, 0.15) is 48.8 Å². The van der Waals surface area contributed by atoms with E-state index in [2.05, 4.69) is 19.2 Å². The average Bonchev–Trinajstić information content (AvgIpc) is 3.34. The second-order valence-electron chi connectivity index (χ2n) is 20.1. The summed E-state index contributed by atoms with van der Waals surface area (Å²) >= 11 is 0. The Morgan fingerprint density at radius 2 is 0.912 bits per heavy atom. The predicted octanol–water partition coefficient (Wildman–Crippen LogP) is 8.33. The van der Waals surface area contributed by atoms with E-state index in [4.69, 9.17) is 18.9 Å². The topological polar surface area (TPSA) is 228 Å². The molecule has 1 amide bonds. The third-order valence-corrected chi connectivity index (χ3v) is 14.0. The fourth-order valence-corrected chi connectivity index (χ4v) is 9.41. The number of carbonyl (C=O) groups is 1. The fourth-order valence-electron chi connectivity index (χ4n) is 9.41. The van der Waals surface area contributed by atoms with Gasteiger partial charge in [-0.05, 0) is 19.3 Å². The van der Waals surface area contributed by atoms with Gasteiger partial charge in [0, 0.05) is 6.42 Å². The molecule has 68 heavy (non-hydrogen) atoms. The van der Waals surface area contributed by atoms with Crippen LogP contribution in [0.3, 0.4) is 0 Å². The lowest BCUT2D eigenvalue weighted by atomic mass is 9.97. The summed E-state index contributed by atoms with van der Waals surface area (Å²) in [5.74, 6) is -0.239. The highest BCUT2D eigenvalue weighted by Gasteiger charge is 2.51. The van der Waals surface area contributed by atoms with Gasteiger partial charge in [-0.25, -0.2) is 0 Å². The van der Waals surface area contributed by atoms with E-state index >= 15 is 0 Å². The van der Waals surface area contributed by atoms with Gasteiger partial charge in [0.15, 0.2) is 12.6 Å². The van der Waals surface area contributed by atoms with Gasteiger partial charge in [0.25, 0.3) is 0 Å². The van der Waals surface area contributed by atoms with Gasteiger partial charge < -0.3 is 65.1 Å². The van der Waals surface area contributed by atoms with Crippen LogP contribution >= 0.6 is 0 Å². The second kappa shape index (κ2) is 41.2. The van der Waals surface area contributed by atoms with E-state index in [1.165, 1.54) is 154 Å². The molecule has 2 heterocycles. The van der Waals surface area contributed by atoms with Crippen molar-refractivity contribution < 1.29 is 64.6 Å². The molecule has 2 rings (SSSR count). The molecule has 0 bridgehead atoms. The van der Waals surface area contributed by atoms with Crippen molar-refractivity contribution in [3.8, 4) is 0 Å². The number of ether oxygens (including phenoxy) is 4. The van der Waals surface area contributed by atoms with E-state index in [-0.39, 0.29) is 18.9 Å². The summed E-state index contributed by atoms with van der Waals surface area (Å²) in [6.07, 6.45) is 28.8. The van der Waals surface area contributed by atoms with Crippen LogP contribution in [0.1, 0.15) is 232 Å². The molecule has 0 aliphatic carbocycles. The molecule has 12 atom stereocenters. The summed E-state index contributed by atoms with van der Waals surface area (Å²) in [4.78, 5) is 13.1. The molecule has 12 unspecified atom stereocenters. The normalized spacial score (nSPS) is 26.4. The number of carbonyl (C=O) groups excluding carboxylic acids is 1. The van der Waals surface area contributed by atoms with Gasteiger partial charge in [-0.3, -0.25) is 4.79 Å². The molecule has 2 saturated heterocycles. The Hall–Kier alpha value is -1.27. The minimum atomic E-state index is -1.78. The zero-order valence-electron chi connectivity index (χ0n) is 42.9. The van der Waals surface area contributed by atoms with Crippen molar-refractivity contribution in [1.29, 1.82) is 0 Å². The molecule has 14 nitrogen and oxygen atoms in total. The number of aliphatic hydroxyl groups excluding tert-OH is 8. The SMILES string of the molecule is CCCCCCC/C=C/C(O)C(COC1OC(CO)C(OC2OC(CO)C(O)C(O)C2O)C(O)C1O)NC(=O)CCCCCCCCCCCCCCCCCCCCCCCCCCCCC. The molecule has 0 saturated carbocycles. The van der Waals surface area contributed by atoms with Crippen molar-refractivity contribution in [1.82, 2.24) is 5.32 Å². The minimum absolute atomic E-state index is 0.239. The Balaban J connectivity index is 1.63. The van der Waals surface area contributed by atoms with Crippen LogP contribution in [-0.2, 0) is 23.7 Å². The Morgan fingerprint density at radius 1 is 0.515 bits per heavy atom. The number of rotatable bonds is 44. The van der Waals surface area contributed by atoms with Gasteiger partial charge in [-0.15, -0.1) is 0 Å². The van der Waals surface area contributed by atoms with Crippen LogP contribution in [0.4, 0.5) is 0 Å². The van der Waals surface area contributed by atoms with Crippen LogP contribution in [0.15, 0.2) is 12.2 Å². The maximum atomic E-state index is 13.1. The summed E-state index contributed by atoms with van der Waals surface area (Å²) in [6.45, 7) is 2.74. The lowest BCUT2D eigenvalue weighted by Gasteiger charge is -2.46. The highest BCUT2D eigenvalue weighted by molar-refractivity contribution is 5.76. The van der Waals surface area contributed by atoms with E-state index in [9.17, 15) is 45.6 Å². The number of hydrogen-bond donors (Lipinski definition) is 9. The molecule has 0 aromatic rings. The minimum Gasteiger partial charge on any atom is -0.394 e. The van der Waals surface area contributed by atoms with E-state index in [0.29, 0.717) is 6.42 Å². The van der Waals surface area contributed by atoms with E-state index in [1.54, 1.807) is 6.08 Å². The average molecular weight is 974 g/mol. The highest BCUT2D eigenvalue weighted by atomic mass is 16.7. The predicted molar refractivity (Wildman–Crippen MR) is 268 cm³/mol. The molecule has 0 aromatic heterocycles. The van der Waals surface area contributed by atoms with Gasteiger partial charge in [-0.2, -0.15) is 0 Å². The molecule has 0 aromatic carbocycles. The van der Waals surface area contributed by atoms with Gasteiger partial charge >= 0.3 is 0 Å². The molecule has 0 radical (unpaired) electrons. The third-order valence-electron chi connectivity index (χ3n) is 14.0. The molecule has 14 heteroatoms. The van der Waals surface area contributed by atoms with Gasteiger partial charge in [0.05, 0.1) is 32.0 Å². The Kier molecular flexibility index (Phi) is 38.1. The first kappa shape index (κ1) is 62.8. The summed E-state index contributed by atoms with van der Waals surface area (Å²) in [6, 6.07) is -0.906. The van der Waals surface area contributed by atoms with Crippen molar-refractivity contribution in [2.24, 2.45) is 0 Å². The van der Waals surface area contributed by atoms with E-state index < -0.39 is 86.8 Å². The standard InChI is InChI=1S/C54H103NO13/c1-3-5-7-9-11-12-13-14-15-16-17-18-19-20-21-22-23-24-25-26-27-28-29-30-32-34-36-38-46(59)55-42(43(58)37-35-33-31-10-8-6-4-2)41-65-53-51(64)49(62)52(45(40-57)67-53)68-54-50(63)48(61)47(60)44(39-56)66-54/h35,37,42-45,47-54,56-58,60-64H,3-34,36,38-41H2,1-2H3,(H,55,59)/b37-35+. The molecular formula is C54H103NO13. The Morgan fingerprint density at radius 3 is 1.35 bits per heavy atom. The van der Waals surface area contributed by atoms with Crippen LogP contribution < -0.4 is 5.32 Å². The van der Waals surface area contributed by atoms with Crippen molar-refractivity contribution in [3.63, 3.8) is 0 Å². The van der Waals surface area contributed by atoms with Crippen LogP contribution in [-0.4, -0.2) is 140 Å². The van der Waals surface area contributed by atoms with Crippen LogP contribution in [0, 0.1) is 0 Å². The number of allylic oxidation sites excluding steroid dienone is 1. The quantitative estimate of drug-likeness (QED) is 0.0207. The zero-order chi connectivity index (χ0) is 49.6. The summed E-state index contributed by atoms with van der Waals surface area (Å²) < 4.78 is 22.6. The van der Waals surface area contributed by atoms with Crippen molar-refractivity contribution >= 4 is 5.91 Å². The number of aliphatic hydroxyl groups is 8. The number of nitrogens with one attached hydrogen (secondary N) is 1. The smallest absolute Gasteiger partial charge is 0.220 e. The summed E-state index contributed by atoms with van der Waals surface area (Å²) in [5, 5.41) is 86.5. The summed E-state index contributed by atoms with van der Waals surface area (Å²) in [7, 11) is 0. The lowest BCUT2D eigenvalue weighted by Crippen LogP contribution is -2.65. The maximum Gasteiger partial charge on any atom is 0.220 e. The lowest BCUT2D eigenvalue weighted by molar-refractivity contribution is -0.359. The third kappa shape index (κ3) is 27.5. The Bertz CT molecular complexity index is 1200. The largest absolute Gasteiger partial charge is 0.394 e. The van der Waals surface area contributed by atoms with E-state index in [0.717, 1.165) is 51.4 Å². The molecule has 2 aliphatic heterocycles. The van der Waals surface area contributed by atoms with Crippen LogP contribution in [0.25, 0.3) is 0 Å². The number of unbranched alkanes of at least 4 members (excludes halogenated alkanes) is 31. The molecular weight excluding hydrogens is 871 g/mol. The van der Waals surface area contributed by atoms with Crippen molar-refractivity contribution in [3.05, 3.63) is 12.2 Å². The van der Waals surface area contributed by atoms with Crippen LogP contribution in [0.2, 0.25) is 0 Å². The van der Waals surface area contributed by atoms with Gasteiger partial charge in [-0.1, -0.05) is 219 Å². The first-order valence-electron chi connectivity index (χ1n) is 27.9. The van der Waals surface area contributed by atoms with Crippen molar-refractivity contribution in [2.75, 3.05) is 19.8 Å². The fraction of sp³-hybridized carbons (Fsp3) is 0.944. The molecule has 2 fully saturated rings.